The number of hydrogen-bond acceptors (Lipinski definition) is 4. The van der Waals surface area contributed by atoms with Gasteiger partial charge in [-0.15, -0.1) is 0 Å². The quantitative estimate of drug-likeness (QED) is 0.744. The van der Waals surface area contributed by atoms with Crippen molar-refractivity contribution in [3.63, 3.8) is 0 Å². The van der Waals surface area contributed by atoms with Crippen LogP contribution in [0.2, 0.25) is 0 Å². The van der Waals surface area contributed by atoms with Crippen molar-refractivity contribution in [3.05, 3.63) is 0 Å². The van der Waals surface area contributed by atoms with Gasteiger partial charge in [-0.2, -0.15) is 0 Å². The van der Waals surface area contributed by atoms with Gasteiger partial charge in [-0.05, 0) is 53.9 Å². The van der Waals surface area contributed by atoms with Gasteiger partial charge < -0.3 is 9.64 Å². The number of hydrogen-bond donors (Lipinski definition) is 0. The molecular weight excluding hydrogens is 258 g/mol. The lowest BCUT2D eigenvalue weighted by atomic mass is 9.92. The number of ketones is 2. The highest BCUT2D eigenvalue weighted by atomic mass is 16.6. The fraction of sp³-hybridized carbons (Fsp3) is 0.800. The standard InChI is InChI=1S/C15H25NO4/c1-10(17)13(11(2)18)9-12-7-6-8-16(12)14(19)20-15(3,4)5/h12-13H,6-9H2,1-5H3/t12-/m1/s1. The van der Waals surface area contributed by atoms with Crippen molar-refractivity contribution in [1.82, 2.24) is 4.90 Å². The summed E-state index contributed by atoms with van der Waals surface area (Å²) in [6, 6.07) is -0.0809. The fourth-order valence-electron chi connectivity index (χ4n) is 2.53. The maximum absolute atomic E-state index is 12.1. The number of rotatable bonds is 4. The molecule has 1 amide bonds. The molecule has 0 aromatic carbocycles. The third kappa shape index (κ3) is 4.62. The molecule has 0 N–H and O–H groups in total. The van der Waals surface area contributed by atoms with E-state index in [1.807, 2.05) is 20.8 Å². The zero-order valence-corrected chi connectivity index (χ0v) is 13.1. The van der Waals surface area contributed by atoms with E-state index in [0.717, 1.165) is 12.8 Å². The minimum absolute atomic E-state index is 0.0809. The van der Waals surface area contributed by atoms with Gasteiger partial charge in [0.15, 0.2) is 0 Å². The summed E-state index contributed by atoms with van der Waals surface area (Å²) in [7, 11) is 0. The molecule has 0 bridgehead atoms. The molecule has 0 aromatic heterocycles. The highest BCUT2D eigenvalue weighted by molar-refractivity contribution is 6.00. The Morgan fingerprint density at radius 2 is 1.75 bits per heavy atom. The lowest BCUT2D eigenvalue weighted by Gasteiger charge is -2.29. The summed E-state index contributed by atoms with van der Waals surface area (Å²) in [5.41, 5.74) is -0.537. The molecule has 0 spiro atoms. The highest BCUT2D eigenvalue weighted by Gasteiger charge is 2.35. The van der Waals surface area contributed by atoms with Crippen LogP contribution in [0, 0.1) is 5.92 Å². The summed E-state index contributed by atoms with van der Waals surface area (Å²) >= 11 is 0. The zero-order chi connectivity index (χ0) is 15.5. The van der Waals surface area contributed by atoms with Crippen LogP contribution in [-0.4, -0.2) is 40.7 Å². The van der Waals surface area contributed by atoms with E-state index in [9.17, 15) is 14.4 Å². The average molecular weight is 283 g/mol. The molecule has 1 aliphatic heterocycles. The highest BCUT2D eigenvalue weighted by Crippen LogP contribution is 2.26. The Labute approximate surface area is 120 Å². The van der Waals surface area contributed by atoms with Crippen LogP contribution < -0.4 is 0 Å². The van der Waals surface area contributed by atoms with Crippen LogP contribution in [0.15, 0.2) is 0 Å². The van der Waals surface area contributed by atoms with Crippen molar-refractivity contribution in [1.29, 1.82) is 0 Å². The van der Waals surface area contributed by atoms with Crippen LogP contribution in [0.3, 0.4) is 0 Å². The van der Waals surface area contributed by atoms with Crippen LogP contribution in [-0.2, 0) is 14.3 Å². The van der Waals surface area contributed by atoms with Gasteiger partial charge in [-0.25, -0.2) is 4.79 Å². The average Bonchev–Trinajstić information content (AvgIpc) is 2.70. The number of carbonyl (C=O) groups excluding carboxylic acids is 3. The molecule has 5 nitrogen and oxygen atoms in total. The van der Waals surface area contributed by atoms with Crippen LogP contribution in [0.4, 0.5) is 4.79 Å². The first-order valence-corrected chi connectivity index (χ1v) is 7.12. The second kappa shape index (κ2) is 6.37. The lowest BCUT2D eigenvalue weighted by Crippen LogP contribution is -2.41. The Balaban J connectivity index is 2.72. The van der Waals surface area contributed by atoms with Gasteiger partial charge in [0.25, 0.3) is 0 Å². The molecule has 1 heterocycles. The molecule has 114 valence electrons. The van der Waals surface area contributed by atoms with Crippen LogP contribution in [0.25, 0.3) is 0 Å². The maximum atomic E-state index is 12.1. The molecule has 0 aliphatic carbocycles. The molecule has 1 saturated heterocycles. The minimum atomic E-state index is -0.608. The van der Waals surface area contributed by atoms with Gasteiger partial charge in [0.2, 0.25) is 0 Å². The number of ether oxygens (including phenoxy) is 1. The van der Waals surface area contributed by atoms with E-state index in [-0.39, 0.29) is 23.7 Å². The van der Waals surface area contributed by atoms with E-state index < -0.39 is 11.5 Å². The Morgan fingerprint density at radius 3 is 2.20 bits per heavy atom. The normalized spacial score (nSPS) is 19.3. The number of nitrogens with zero attached hydrogens (tertiary/aromatic N) is 1. The molecule has 0 saturated carbocycles. The van der Waals surface area contributed by atoms with Gasteiger partial charge >= 0.3 is 6.09 Å². The van der Waals surface area contributed by atoms with E-state index in [0.29, 0.717) is 13.0 Å². The molecule has 1 fully saturated rings. The zero-order valence-electron chi connectivity index (χ0n) is 13.1. The van der Waals surface area contributed by atoms with Crippen molar-refractivity contribution in [3.8, 4) is 0 Å². The molecule has 20 heavy (non-hydrogen) atoms. The Bertz CT molecular complexity index is 383. The first kappa shape index (κ1) is 16.7. The number of likely N-dealkylation sites (tertiary alicyclic amines) is 1. The minimum Gasteiger partial charge on any atom is -0.444 e. The molecule has 1 rings (SSSR count). The smallest absolute Gasteiger partial charge is 0.410 e. The third-order valence-corrected chi connectivity index (χ3v) is 3.49. The predicted molar refractivity (Wildman–Crippen MR) is 75.4 cm³/mol. The third-order valence-electron chi connectivity index (χ3n) is 3.49. The second-order valence-electron chi connectivity index (χ2n) is 6.48. The van der Waals surface area contributed by atoms with Gasteiger partial charge in [-0.1, -0.05) is 0 Å². The lowest BCUT2D eigenvalue weighted by molar-refractivity contribution is -0.131. The first-order chi connectivity index (χ1) is 9.11. The van der Waals surface area contributed by atoms with E-state index in [1.54, 1.807) is 4.90 Å². The van der Waals surface area contributed by atoms with Crippen LogP contribution in [0.5, 0.6) is 0 Å². The summed E-state index contributed by atoms with van der Waals surface area (Å²) < 4.78 is 5.37. The van der Waals surface area contributed by atoms with Crippen molar-refractivity contribution < 1.29 is 19.1 Å². The van der Waals surface area contributed by atoms with E-state index in [4.69, 9.17) is 4.74 Å². The first-order valence-electron chi connectivity index (χ1n) is 7.12. The topological polar surface area (TPSA) is 63.7 Å². The second-order valence-corrected chi connectivity index (χ2v) is 6.48. The number of amides is 1. The summed E-state index contributed by atoms with van der Waals surface area (Å²) in [5.74, 6) is -0.870. The van der Waals surface area contributed by atoms with Crippen molar-refractivity contribution in [2.75, 3.05) is 6.54 Å². The van der Waals surface area contributed by atoms with Gasteiger partial charge in [0.05, 0.1) is 5.92 Å². The van der Waals surface area contributed by atoms with Gasteiger partial charge in [0, 0.05) is 12.6 Å². The van der Waals surface area contributed by atoms with Crippen LogP contribution in [0.1, 0.15) is 53.9 Å². The summed E-state index contributed by atoms with van der Waals surface area (Å²) in [6.45, 7) is 8.96. The molecule has 5 heteroatoms. The maximum Gasteiger partial charge on any atom is 0.410 e. The predicted octanol–water partition coefficient (Wildman–Crippen LogP) is 2.57. The Kier molecular flexibility index (Phi) is 5.31. The number of carbonyl (C=O) groups is 3. The summed E-state index contributed by atoms with van der Waals surface area (Å²) in [6.07, 6.45) is 1.75. The van der Waals surface area contributed by atoms with Gasteiger partial charge in [-0.3, -0.25) is 9.59 Å². The molecular formula is C15H25NO4. The van der Waals surface area contributed by atoms with Gasteiger partial charge in [0.1, 0.15) is 17.2 Å². The molecule has 1 atom stereocenters. The Morgan fingerprint density at radius 1 is 1.20 bits per heavy atom. The largest absolute Gasteiger partial charge is 0.444 e. The molecule has 1 aliphatic rings. The number of Topliss-reactive ketones (excluding diaryl/α,β-unsaturated/α-hetero) is 2. The van der Waals surface area contributed by atoms with Crippen LogP contribution >= 0.6 is 0 Å². The molecule has 0 radical (unpaired) electrons. The van der Waals surface area contributed by atoms with Crippen molar-refractivity contribution in [2.24, 2.45) is 5.92 Å². The SMILES string of the molecule is CC(=O)C(C[C@H]1CCCN1C(=O)OC(C)(C)C)C(C)=O. The van der Waals surface area contributed by atoms with E-state index in [2.05, 4.69) is 0 Å². The van der Waals surface area contributed by atoms with E-state index in [1.165, 1.54) is 13.8 Å². The molecule has 0 aromatic rings. The monoisotopic (exact) mass is 283 g/mol. The Hall–Kier alpha value is -1.39. The van der Waals surface area contributed by atoms with E-state index >= 15 is 0 Å². The summed E-state index contributed by atoms with van der Waals surface area (Å²) in [4.78, 5) is 36.8. The summed E-state index contributed by atoms with van der Waals surface area (Å²) in [5, 5.41) is 0. The fourth-order valence-corrected chi connectivity index (χ4v) is 2.53. The van der Waals surface area contributed by atoms with Crippen molar-refractivity contribution in [2.45, 2.75) is 65.5 Å². The van der Waals surface area contributed by atoms with Crippen molar-refractivity contribution >= 4 is 17.7 Å². The molecule has 0 unspecified atom stereocenters.